The standard InChI is InChI=1S/C14H17NO2S/c1-3-14(2)8-15(13(14)18)7-10-4-5-11-12(6-10)17-9-16-11/h4-6H,3,7-9H2,1-2H3. The normalized spacial score (nSPS) is 25.2. The molecular formula is C14H17NO2S. The quantitative estimate of drug-likeness (QED) is 0.782. The van der Waals surface area contributed by atoms with Gasteiger partial charge < -0.3 is 14.4 Å². The third kappa shape index (κ3) is 1.75. The average Bonchev–Trinajstić information content (AvgIpc) is 2.85. The fourth-order valence-corrected chi connectivity index (χ4v) is 2.84. The molecule has 0 saturated carbocycles. The van der Waals surface area contributed by atoms with Crippen molar-refractivity contribution < 1.29 is 9.47 Å². The fourth-order valence-electron chi connectivity index (χ4n) is 2.50. The molecule has 4 heteroatoms. The van der Waals surface area contributed by atoms with Crippen molar-refractivity contribution in [2.75, 3.05) is 13.3 Å². The SMILES string of the molecule is CCC1(C)CN(Cc2ccc3c(c2)OCO3)C1=S. The van der Waals surface area contributed by atoms with E-state index in [-0.39, 0.29) is 5.41 Å². The van der Waals surface area contributed by atoms with Crippen LogP contribution in [0.4, 0.5) is 0 Å². The summed E-state index contributed by atoms with van der Waals surface area (Å²) in [6.07, 6.45) is 1.11. The molecule has 96 valence electrons. The van der Waals surface area contributed by atoms with Crippen LogP contribution in [0.5, 0.6) is 11.5 Å². The van der Waals surface area contributed by atoms with Crippen molar-refractivity contribution in [1.29, 1.82) is 0 Å². The smallest absolute Gasteiger partial charge is 0.231 e. The molecule has 2 aliphatic heterocycles. The van der Waals surface area contributed by atoms with E-state index in [9.17, 15) is 0 Å². The number of nitrogens with zero attached hydrogens (tertiary/aromatic N) is 1. The Morgan fingerprint density at radius 2 is 2.11 bits per heavy atom. The predicted octanol–water partition coefficient (Wildman–Crippen LogP) is 2.97. The van der Waals surface area contributed by atoms with Gasteiger partial charge in [-0.15, -0.1) is 0 Å². The van der Waals surface area contributed by atoms with Gasteiger partial charge in [-0.1, -0.05) is 32.1 Å². The molecule has 2 heterocycles. The lowest BCUT2D eigenvalue weighted by molar-refractivity contribution is 0.173. The second-order valence-electron chi connectivity index (χ2n) is 5.26. The maximum Gasteiger partial charge on any atom is 0.231 e. The van der Waals surface area contributed by atoms with E-state index < -0.39 is 0 Å². The summed E-state index contributed by atoms with van der Waals surface area (Å²) in [7, 11) is 0. The van der Waals surface area contributed by atoms with Crippen molar-refractivity contribution in [2.24, 2.45) is 5.41 Å². The molecule has 1 unspecified atom stereocenters. The van der Waals surface area contributed by atoms with Crippen LogP contribution in [-0.4, -0.2) is 23.2 Å². The number of ether oxygens (including phenoxy) is 2. The molecule has 0 amide bonds. The highest BCUT2D eigenvalue weighted by Crippen LogP contribution is 2.38. The van der Waals surface area contributed by atoms with Gasteiger partial charge in [-0.25, -0.2) is 0 Å². The van der Waals surface area contributed by atoms with Gasteiger partial charge in [0, 0.05) is 18.5 Å². The molecule has 2 aliphatic rings. The maximum absolute atomic E-state index is 5.51. The highest BCUT2D eigenvalue weighted by molar-refractivity contribution is 7.80. The first-order valence-electron chi connectivity index (χ1n) is 6.30. The number of thiocarbonyl (C=S) groups is 1. The first-order chi connectivity index (χ1) is 8.62. The molecule has 0 N–H and O–H groups in total. The van der Waals surface area contributed by atoms with Gasteiger partial charge in [-0.05, 0) is 24.1 Å². The van der Waals surface area contributed by atoms with Crippen molar-refractivity contribution in [3.63, 3.8) is 0 Å². The van der Waals surface area contributed by atoms with E-state index in [1.807, 2.05) is 12.1 Å². The molecule has 0 spiro atoms. The Bertz CT molecular complexity index is 503. The minimum atomic E-state index is 0.228. The Morgan fingerprint density at radius 3 is 2.83 bits per heavy atom. The summed E-state index contributed by atoms with van der Waals surface area (Å²) in [5.41, 5.74) is 1.45. The molecule has 0 aliphatic carbocycles. The Labute approximate surface area is 113 Å². The van der Waals surface area contributed by atoms with Crippen LogP contribution in [0.1, 0.15) is 25.8 Å². The van der Waals surface area contributed by atoms with Crippen molar-refractivity contribution in [3.05, 3.63) is 23.8 Å². The zero-order valence-electron chi connectivity index (χ0n) is 10.7. The van der Waals surface area contributed by atoms with Crippen LogP contribution in [0, 0.1) is 5.41 Å². The molecule has 1 saturated heterocycles. The number of hydrogen-bond donors (Lipinski definition) is 0. The van der Waals surface area contributed by atoms with Crippen LogP contribution in [0.2, 0.25) is 0 Å². The largest absolute Gasteiger partial charge is 0.454 e. The lowest BCUT2D eigenvalue weighted by Crippen LogP contribution is -2.57. The van der Waals surface area contributed by atoms with E-state index in [0.717, 1.165) is 36.0 Å². The molecule has 3 nitrogen and oxygen atoms in total. The second-order valence-corrected chi connectivity index (χ2v) is 5.65. The van der Waals surface area contributed by atoms with Gasteiger partial charge in [0.1, 0.15) is 0 Å². The van der Waals surface area contributed by atoms with Crippen LogP contribution in [-0.2, 0) is 6.54 Å². The summed E-state index contributed by atoms with van der Waals surface area (Å²) in [6.45, 7) is 6.69. The van der Waals surface area contributed by atoms with Gasteiger partial charge >= 0.3 is 0 Å². The Morgan fingerprint density at radius 1 is 1.33 bits per heavy atom. The van der Waals surface area contributed by atoms with E-state index in [1.165, 1.54) is 5.56 Å². The maximum atomic E-state index is 5.51. The first kappa shape index (κ1) is 11.8. The minimum absolute atomic E-state index is 0.228. The number of rotatable bonds is 3. The fraction of sp³-hybridized carbons (Fsp3) is 0.500. The average molecular weight is 263 g/mol. The topological polar surface area (TPSA) is 21.7 Å². The van der Waals surface area contributed by atoms with Crippen molar-refractivity contribution in [2.45, 2.75) is 26.8 Å². The lowest BCUT2D eigenvalue weighted by atomic mass is 9.79. The molecule has 1 fully saturated rings. The van der Waals surface area contributed by atoms with Crippen LogP contribution >= 0.6 is 12.2 Å². The van der Waals surface area contributed by atoms with Crippen molar-refractivity contribution >= 4 is 17.2 Å². The van der Waals surface area contributed by atoms with Crippen LogP contribution < -0.4 is 9.47 Å². The van der Waals surface area contributed by atoms with Gasteiger partial charge in [-0.3, -0.25) is 0 Å². The molecule has 1 atom stereocenters. The summed E-state index contributed by atoms with van der Waals surface area (Å²) in [6, 6.07) is 6.10. The Balaban J connectivity index is 1.70. The molecule has 18 heavy (non-hydrogen) atoms. The molecule has 0 aromatic heterocycles. The first-order valence-corrected chi connectivity index (χ1v) is 6.71. The van der Waals surface area contributed by atoms with Gasteiger partial charge in [0.15, 0.2) is 11.5 Å². The molecule has 0 radical (unpaired) electrons. The van der Waals surface area contributed by atoms with E-state index >= 15 is 0 Å². The second kappa shape index (κ2) is 4.12. The molecule has 3 rings (SSSR count). The third-order valence-corrected chi connectivity index (χ3v) is 4.69. The number of likely N-dealkylation sites (tertiary alicyclic amines) is 1. The predicted molar refractivity (Wildman–Crippen MR) is 74.0 cm³/mol. The minimum Gasteiger partial charge on any atom is -0.454 e. The number of fused-ring (bicyclic) bond motifs is 1. The molecule has 0 bridgehead atoms. The summed E-state index contributed by atoms with van der Waals surface area (Å²) < 4.78 is 10.7. The Kier molecular flexibility index (Phi) is 2.70. The zero-order valence-corrected chi connectivity index (χ0v) is 11.5. The molecule has 1 aromatic rings. The monoisotopic (exact) mass is 263 g/mol. The van der Waals surface area contributed by atoms with Crippen LogP contribution in [0.3, 0.4) is 0 Å². The highest BCUT2D eigenvalue weighted by atomic mass is 32.1. The summed E-state index contributed by atoms with van der Waals surface area (Å²) >= 11 is 5.51. The molecule has 1 aromatic carbocycles. The van der Waals surface area contributed by atoms with Gasteiger partial charge in [0.05, 0.1) is 4.99 Å². The van der Waals surface area contributed by atoms with E-state index in [2.05, 4.69) is 24.8 Å². The van der Waals surface area contributed by atoms with Gasteiger partial charge in [-0.2, -0.15) is 0 Å². The molecular weight excluding hydrogens is 246 g/mol. The van der Waals surface area contributed by atoms with E-state index in [4.69, 9.17) is 21.7 Å². The van der Waals surface area contributed by atoms with E-state index in [0.29, 0.717) is 6.79 Å². The van der Waals surface area contributed by atoms with E-state index in [1.54, 1.807) is 0 Å². The number of hydrogen-bond acceptors (Lipinski definition) is 3. The van der Waals surface area contributed by atoms with Crippen LogP contribution in [0.15, 0.2) is 18.2 Å². The Hall–Kier alpha value is -1.29. The van der Waals surface area contributed by atoms with Crippen LogP contribution in [0.25, 0.3) is 0 Å². The summed E-state index contributed by atoms with van der Waals surface area (Å²) in [5.74, 6) is 1.68. The number of benzene rings is 1. The van der Waals surface area contributed by atoms with Crippen molar-refractivity contribution in [3.8, 4) is 11.5 Å². The van der Waals surface area contributed by atoms with Gasteiger partial charge in [0.25, 0.3) is 0 Å². The summed E-state index contributed by atoms with van der Waals surface area (Å²) in [5, 5.41) is 0. The summed E-state index contributed by atoms with van der Waals surface area (Å²) in [4.78, 5) is 3.35. The van der Waals surface area contributed by atoms with Crippen molar-refractivity contribution in [1.82, 2.24) is 4.90 Å². The highest BCUT2D eigenvalue weighted by Gasteiger charge is 2.42. The van der Waals surface area contributed by atoms with Gasteiger partial charge in [0.2, 0.25) is 6.79 Å². The third-order valence-electron chi connectivity index (χ3n) is 3.93. The zero-order chi connectivity index (χ0) is 12.8. The lowest BCUT2D eigenvalue weighted by Gasteiger charge is -2.49.